The van der Waals surface area contributed by atoms with Crippen LogP contribution < -0.4 is 0 Å². The number of carbonyl (C=O) groups is 1. The lowest BCUT2D eigenvalue weighted by Crippen LogP contribution is -2.35. The highest BCUT2D eigenvalue weighted by atomic mass is 16.5. The number of hydrogen-bond donors (Lipinski definition) is 0. The third-order valence-corrected chi connectivity index (χ3v) is 7.71. The Hall–Kier alpha value is -2.49. The molecule has 1 atom stereocenters. The molecule has 0 amide bonds. The first-order valence-electron chi connectivity index (χ1n) is 13.8. The molecular formula is C32H48N2O2. The van der Waals surface area contributed by atoms with Crippen molar-refractivity contribution in [2.24, 2.45) is 27.0 Å². The highest BCUT2D eigenvalue weighted by Gasteiger charge is 2.38. The topological polar surface area (TPSA) is 51.0 Å². The molecule has 0 bridgehead atoms. The standard InChI is InChI=1S/C32H48N2O2/c1-8-31(4,5)24-29(32(6,7)9-2)30(35)36-23-13-11-10-12-14-26-17-21-28(22-18-26)34-33-27-19-15-25(3)16-20-27/h15-22,29H,8-14,23-24H2,1-7H3. The van der Waals surface area contributed by atoms with Gasteiger partial charge in [-0.3, -0.25) is 4.79 Å². The monoisotopic (exact) mass is 492 g/mol. The van der Waals surface area contributed by atoms with E-state index >= 15 is 0 Å². The molecule has 2 aromatic rings. The summed E-state index contributed by atoms with van der Waals surface area (Å²) < 4.78 is 5.76. The number of nitrogens with zero attached hydrogens (tertiary/aromatic N) is 2. The van der Waals surface area contributed by atoms with Crippen molar-refractivity contribution in [3.63, 3.8) is 0 Å². The second kappa shape index (κ2) is 14.3. The zero-order chi connectivity index (χ0) is 26.6. The van der Waals surface area contributed by atoms with Crippen molar-refractivity contribution in [3.8, 4) is 0 Å². The molecule has 0 saturated heterocycles. The van der Waals surface area contributed by atoms with Crippen molar-refractivity contribution in [3.05, 3.63) is 59.7 Å². The molecule has 4 nitrogen and oxygen atoms in total. The highest BCUT2D eigenvalue weighted by Crippen LogP contribution is 2.40. The fourth-order valence-corrected chi connectivity index (χ4v) is 4.14. The molecule has 0 N–H and O–H groups in total. The summed E-state index contributed by atoms with van der Waals surface area (Å²) in [6.45, 7) is 15.9. The van der Waals surface area contributed by atoms with E-state index in [1.54, 1.807) is 0 Å². The van der Waals surface area contributed by atoms with Crippen molar-refractivity contribution < 1.29 is 9.53 Å². The van der Waals surface area contributed by atoms with E-state index in [0.29, 0.717) is 6.61 Å². The van der Waals surface area contributed by atoms with Crippen molar-refractivity contribution in [2.45, 2.75) is 99.8 Å². The number of benzene rings is 2. The molecule has 0 saturated carbocycles. The van der Waals surface area contributed by atoms with E-state index in [1.807, 2.05) is 36.4 Å². The maximum absolute atomic E-state index is 12.9. The van der Waals surface area contributed by atoms with Gasteiger partial charge in [-0.25, -0.2) is 0 Å². The SMILES string of the molecule is CCC(C)(C)CC(C(=O)OCCCCCCc1ccc(N=Nc2ccc(C)cc2)cc1)C(C)(C)CC. The predicted molar refractivity (Wildman–Crippen MR) is 151 cm³/mol. The van der Waals surface area contributed by atoms with Crippen LogP contribution in [0.4, 0.5) is 11.4 Å². The molecule has 1 unspecified atom stereocenters. The van der Waals surface area contributed by atoms with Crippen LogP contribution in [0.3, 0.4) is 0 Å². The van der Waals surface area contributed by atoms with E-state index in [0.717, 1.165) is 62.7 Å². The van der Waals surface area contributed by atoms with Crippen LogP contribution in [0.2, 0.25) is 0 Å². The molecule has 2 aromatic carbocycles. The second-order valence-electron chi connectivity index (χ2n) is 11.7. The lowest BCUT2D eigenvalue weighted by Gasteiger charge is -2.37. The van der Waals surface area contributed by atoms with Gasteiger partial charge in [-0.1, -0.05) is 97.1 Å². The molecule has 0 aliphatic heterocycles. The zero-order valence-corrected chi connectivity index (χ0v) is 23.8. The Kier molecular flexibility index (Phi) is 11.8. The number of aryl methyl sites for hydroxylation is 2. The summed E-state index contributed by atoms with van der Waals surface area (Å²) >= 11 is 0. The Morgan fingerprint density at radius 2 is 1.36 bits per heavy atom. The average molecular weight is 493 g/mol. The van der Waals surface area contributed by atoms with Gasteiger partial charge >= 0.3 is 5.97 Å². The van der Waals surface area contributed by atoms with Crippen molar-refractivity contribution in [1.82, 2.24) is 0 Å². The largest absolute Gasteiger partial charge is 0.465 e. The molecule has 2 rings (SSSR count). The molecule has 36 heavy (non-hydrogen) atoms. The van der Waals surface area contributed by atoms with E-state index in [9.17, 15) is 4.79 Å². The maximum atomic E-state index is 12.9. The number of unbranched alkanes of at least 4 members (excludes halogenated alkanes) is 3. The number of rotatable bonds is 15. The van der Waals surface area contributed by atoms with Gasteiger partial charge in [0, 0.05) is 0 Å². The van der Waals surface area contributed by atoms with Gasteiger partial charge in [-0.2, -0.15) is 10.2 Å². The number of esters is 1. The minimum absolute atomic E-state index is 0.0111. The Balaban J connectivity index is 1.68. The summed E-state index contributed by atoms with van der Waals surface area (Å²) in [5.74, 6) is -0.0557. The molecule has 0 aliphatic rings. The third-order valence-electron chi connectivity index (χ3n) is 7.71. The molecule has 0 spiro atoms. The van der Waals surface area contributed by atoms with Gasteiger partial charge in [-0.15, -0.1) is 0 Å². The van der Waals surface area contributed by atoms with E-state index in [-0.39, 0.29) is 22.7 Å². The minimum atomic E-state index is -0.0446. The van der Waals surface area contributed by atoms with Crippen molar-refractivity contribution in [2.75, 3.05) is 6.61 Å². The molecule has 0 heterocycles. The first-order chi connectivity index (χ1) is 17.1. The lowest BCUT2D eigenvalue weighted by molar-refractivity contribution is -0.154. The van der Waals surface area contributed by atoms with Crippen LogP contribution in [0.1, 0.15) is 97.6 Å². The Bertz CT molecular complexity index is 943. The summed E-state index contributed by atoms with van der Waals surface area (Å²) in [7, 11) is 0. The van der Waals surface area contributed by atoms with E-state index in [4.69, 9.17) is 4.74 Å². The number of ether oxygens (including phenoxy) is 1. The van der Waals surface area contributed by atoms with Crippen LogP contribution in [0.15, 0.2) is 58.8 Å². The first kappa shape index (κ1) is 29.7. The van der Waals surface area contributed by atoms with Gasteiger partial charge in [0.25, 0.3) is 0 Å². The molecule has 4 heteroatoms. The minimum Gasteiger partial charge on any atom is -0.465 e. The highest BCUT2D eigenvalue weighted by molar-refractivity contribution is 5.73. The predicted octanol–water partition coefficient (Wildman–Crippen LogP) is 9.94. The van der Waals surface area contributed by atoms with Crippen LogP contribution in [0, 0.1) is 23.7 Å². The molecule has 0 aromatic heterocycles. The van der Waals surface area contributed by atoms with Crippen LogP contribution in [-0.2, 0) is 16.0 Å². The van der Waals surface area contributed by atoms with Crippen LogP contribution >= 0.6 is 0 Å². The smallest absolute Gasteiger partial charge is 0.309 e. The fraction of sp³-hybridized carbons (Fsp3) is 0.594. The molecule has 0 fully saturated rings. The summed E-state index contributed by atoms with van der Waals surface area (Å²) in [6.07, 6.45) is 8.26. The summed E-state index contributed by atoms with van der Waals surface area (Å²) in [4.78, 5) is 12.9. The lowest BCUT2D eigenvalue weighted by atomic mass is 9.68. The zero-order valence-electron chi connectivity index (χ0n) is 23.8. The van der Waals surface area contributed by atoms with Gasteiger partial charge in [0.2, 0.25) is 0 Å². The fourth-order valence-electron chi connectivity index (χ4n) is 4.14. The second-order valence-corrected chi connectivity index (χ2v) is 11.7. The Morgan fingerprint density at radius 3 is 1.92 bits per heavy atom. The summed E-state index contributed by atoms with van der Waals surface area (Å²) in [6, 6.07) is 16.4. The average Bonchev–Trinajstić information content (AvgIpc) is 2.87. The molecule has 198 valence electrons. The molecular weight excluding hydrogens is 444 g/mol. The number of hydrogen-bond acceptors (Lipinski definition) is 4. The normalized spacial score (nSPS) is 13.2. The van der Waals surface area contributed by atoms with Crippen molar-refractivity contribution in [1.29, 1.82) is 0 Å². The van der Waals surface area contributed by atoms with Crippen LogP contribution in [-0.4, -0.2) is 12.6 Å². The van der Waals surface area contributed by atoms with Gasteiger partial charge in [0.05, 0.1) is 23.9 Å². The van der Waals surface area contributed by atoms with Gasteiger partial charge in [0.15, 0.2) is 0 Å². The Morgan fingerprint density at radius 1 is 0.806 bits per heavy atom. The van der Waals surface area contributed by atoms with E-state index in [2.05, 4.69) is 70.8 Å². The first-order valence-corrected chi connectivity index (χ1v) is 13.8. The van der Waals surface area contributed by atoms with Crippen molar-refractivity contribution >= 4 is 17.3 Å². The summed E-state index contributed by atoms with van der Waals surface area (Å²) in [5.41, 5.74) is 4.38. The Labute approximate surface area is 220 Å². The quantitative estimate of drug-likeness (QED) is 0.141. The van der Waals surface area contributed by atoms with E-state index in [1.165, 1.54) is 11.1 Å². The van der Waals surface area contributed by atoms with Crippen LogP contribution in [0.5, 0.6) is 0 Å². The molecule has 0 aliphatic carbocycles. The maximum Gasteiger partial charge on any atom is 0.309 e. The number of carbonyl (C=O) groups excluding carboxylic acids is 1. The third kappa shape index (κ3) is 10.2. The van der Waals surface area contributed by atoms with Gasteiger partial charge in [0.1, 0.15) is 0 Å². The van der Waals surface area contributed by atoms with Gasteiger partial charge < -0.3 is 4.74 Å². The van der Waals surface area contributed by atoms with Crippen LogP contribution in [0.25, 0.3) is 0 Å². The van der Waals surface area contributed by atoms with Gasteiger partial charge in [-0.05, 0) is 73.3 Å². The number of azo groups is 1. The summed E-state index contributed by atoms with van der Waals surface area (Å²) in [5, 5.41) is 8.64. The molecule has 0 radical (unpaired) electrons. The van der Waals surface area contributed by atoms with E-state index < -0.39 is 0 Å².